The highest BCUT2D eigenvalue weighted by Gasteiger charge is 2.23. The molecule has 0 amide bonds. The maximum Gasteiger partial charge on any atom is 0.135 e. The minimum Gasteiger partial charge on any atom is -0.456 e. The summed E-state index contributed by atoms with van der Waals surface area (Å²) in [6, 6.07) is 71.8. The Bertz CT molecular complexity index is 2780. The van der Waals surface area contributed by atoms with E-state index in [0.717, 1.165) is 56.0 Å². The van der Waals surface area contributed by atoms with Crippen molar-refractivity contribution in [3.05, 3.63) is 200 Å². The molecule has 0 saturated carbocycles. The van der Waals surface area contributed by atoms with Gasteiger partial charge in [0, 0.05) is 27.8 Å². The molecule has 0 N–H and O–H groups in total. The fraction of sp³-hybridized carbons (Fsp3) is 0. The van der Waals surface area contributed by atoms with E-state index in [1.165, 1.54) is 38.6 Å². The van der Waals surface area contributed by atoms with Crippen LogP contribution in [0.25, 0.3) is 66.1 Å². The van der Waals surface area contributed by atoms with Gasteiger partial charge in [-0.2, -0.15) is 0 Å². The molecular weight excluding hydrogens is 631 g/mol. The maximum atomic E-state index is 6.36. The minimum atomic E-state index is 0.891. The first-order valence-corrected chi connectivity index (χ1v) is 17.8. The molecular formula is C50H33NO. The summed E-state index contributed by atoms with van der Waals surface area (Å²) in [5, 5.41) is 4.78. The molecule has 1 aliphatic heterocycles. The van der Waals surface area contributed by atoms with Gasteiger partial charge in [-0.1, -0.05) is 152 Å². The van der Waals surface area contributed by atoms with Gasteiger partial charge in [-0.25, -0.2) is 0 Å². The molecule has 2 nitrogen and oxygen atoms in total. The quantitative estimate of drug-likeness (QED) is 0.176. The molecule has 0 bridgehead atoms. The standard InChI is InChI=1S/C50H33NO/c1-2-15-35(16-3-1)41-23-6-9-27-46(41)51(47-28-10-7-24-43(47)42-26-13-18-34-17-4-5-22-40(34)42)39-21-12-19-36(32-39)38-31-37-20-14-30-49-50(37)45(33-38)44-25-8-11-29-48(44)52-49/h1-33H. The Labute approximate surface area is 303 Å². The van der Waals surface area contributed by atoms with Crippen molar-refractivity contribution in [2.24, 2.45) is 0 Å². The van der Waals surface area contributed by atoms with Crippen LogP contribution in [0.1, 0.15) is 0 Å². The molecule has 0 atom stereocenters. The van der Waals surface area contributed by atoms with Crippen LogP contribution in [0.4, 0.5) is 17.1 Å². The van der Waals surface area contributed by atoms with Crippen LogP contribution in [0.3, 0.4) is 0 Å². The third-order valence-corrected chi connectivity index (χ3v) is 10.2. The minimum absolute atomic E-state index is 0.891. The predicted molar refractivity (Wildman–Crippen MR) is 218 cm³/mol. The van der Waals surface area contributed by atoms with Crippen molar-refractivity contribution in [3.63, 3.8) is 0 Å². The van der Waals surface area contributed by atoms with E-state index in [-0.39, 0.29) is 0 Å². The summed E-state index contributed by atoms with van der Waals surface area (Å²) in [6.07, 6.45) is 0. The van der Waals surface area contributed by atoms with Crippen LogP contribution in [0, 0.1) is 0 Å². The Kier molecular flexibility index (Phi) is 7.18. The SMILES string of the molecule is c1ccc(-c2ccccc2N(c2cccc(-c3cc4c5c(cccc5c3)Oc3ccccc3-4)c2)c2ccccc2-c2cccc3ccccc23)cc1. The molecule has 244 valence electrons. The van der Waals surface area contributed by atoms with Crippen LogP contribution in [0.2, 0.25) is 0 Å². The van der Waals surface area contributed by atoms with Crippen LogP contribution in [0.5, 0.6) is 11.5 Å². The largest absolute Gasteiger partial charge is 0.456 e. The van der Waals surface area contributed by atoms with E-state index >= 15 is 0 Å². The van der Waals surface area contributed by atoms with Crippen molar-refractivity contribution in [2.75, 3.05) is 4.90 Å². The second-order valence-electron chi connectivity index (χ2n) is 13.3. The van der Waals surface area contributed by atoms with E-state index in [9.17, 15) is 0 Å². The van der Waals surface area contributed by atoms with Gasteiger partial charge in [0.05, 0.1) is 11.4 Å². The molecule has 52 heavy (non-hydrogen) atoms. The van der Waals surface area contributed by atoms with Crippen molar-refractivity contribution < 1.29 is 4.74 Å². The maximum absolute atomic E-state index is 6.36. The van der Waals surface area contributed by atoms with E-state index in [2.05, 4.69) is 199 Å². The van der Waals surface area contributed by atoms with Crippen molar-refractivity contribution in [3.8, 4) is 56.0 Å². The second-order valence-corrected chi connectivity index (χ2v) is 13.3. The zero-order valence-electron chi connectivity index (χ0n) is 28.4. The average Bonchev–Trinajstić information content (AvgIpc) is 3.22. The fourth-order valence-electron chi connectivity index (χ4n) is 7.87. The summed E-state index contributed by atoms with van der Waals surface area (Å²) < 4.78 is 6.36. The summed E-state index contributed by atoms with van der Waals surface area (Å²) in [6.45, 7) is 0. The number of anilines is 3. The van der Waals surface area contributed by atoms with Crippen molar-refractivity contribution >= 4 is 38.6 Å². The van der Waals surface area contributed by atoms with E-state index < -0.39 is 0 Å². The molecule has 0 spiro atoms. The first kappa shape index (κ1) is 30.0. The summed E-state index contributed by atoms with van der Waals surface area (Å²) >= 11 is 0. The molecule has 0 unspecified atom stereocenters. The number of hydrogen-bond acceptors (Lipinski definition) is 2. The molecule has 0 saturated heterocycles. The summed E-state index contributed by atoms with van der Waals surface area (Å²) in [5.41, 5.74) is 12.7. The second kappa shape index (κ2) is 12.5. The molecule has 0 fully saturated rings. The fourth-order valence-corrected chi connectivity index (χ4v) is 7.87. The predicted octanol–water partition coefficient (Wildman–Crippen LogP) is 14.2. The van der Waals surface area contributed by atoms with Crippen molar-refractivity contribution in [1.82, 2.24) is 0 Å². The lowest BCUT2D eigenvalue weighted by atomic mass is 9.90. The number of rotatable bonds is 6. The van der Waals surface area contributed by atoms with Crippen LogP contribution >= 0.6 is 0 Å². The van der Waals surface area contributed by atoms with Gasteiger partial charge in [0.2, 0.25) is 0 Å². The molecule has 0 radical (unpaired) electrons. The smallest absolute Gasteiger partial charge is 0.135 e. The first-order chi connectivity index (χ1) is 25.8. The summed E-state index contributed by atoms with van der Waals surface area (Å²) in [7, 11) is 0. The zero-order chi connectivity index (χ0) is 34.4. The van der Waals surface area contributed by atoms with Gasteiger partial charge in [0.25, 0.3) is 0 Å². The number of para-hydroxylation sites is 3. The summed E-state index contributed by atoms with van der Waals surface area (Å²) in [4.78, 5) is 2.44. The Morgan fingerprint density at radius 1 is 0.327 bits per heavy atom. The zero-order valence-corrected chi connectivity index (χ0v) is 28.4. The van der Waals surface area contributed by atoms with E-state index in [1.807, 2.05) is 6.07 Å². The van der Waals surface area contributed by atoms with Crippen molar-refractivity contribution in [2.45, 2.75) is 0 Å². The number of hydrogen-bond donors (Lipinski definition) is 0. The van der Waals surface area contributed by atoms with Crippen LogP contribution < -0.4 is 9.64 Å². The number of ether oxygens (including phenoxy) is 1. The molecule has 1 heterocycles. The van der Waals surface area contributed by atoms with E-state index in [0.29, 0.717) is 0 Å². The monoisotopic (exact) mass is 663 g/mol. The number of benzene rings is 9. The Balaban J connectivity index is 1.21. The number of fused-ring (bicyclic) bond motifs is 3. The Hall–Kier alpha value is -6.90. The van der Waals surface area contributed by atoms with Crippen LogP contribution in [-0.4, -0.2) is 0 Å². The lowest BCUT2D eigenvalue weighted by molar-refractivity contribution is 0.487. The van der Waals surface area contributed by atoms with Crippen molar-refractivity contribution in [1.29, 1.82) is 0 Å². The highest BCUT2D eigenvalue weighted by atomic mass is 16.5. The summed E-state index contributed by atoms with van der Waals surface area (Å²) in [5.74, 6) is 1.79. The highest BCUT2D eigenvalue weighted by molar-refractivity contribution is 6.07. The van der Waals surface area contributed by atoms with Gasteiger partial charge >= 0.3 is 0 Å². The molecule has 9 aromatic carbocycles. The van der Waals surface area contributed by atoms with Gasteiger partial charge in [-0.15, -0.1) is 0 Å². The third kappa shape index (κ3) is 5.04. The van der Waals surface area contributed by atoms with E-state index in [4.69, 9.17) is 4.74 Å². The Morgan fingerprint density at radius 3 is 1.81 bits per heavy atom. The molecule has 1 aliphatic rings. The molecule has 0 aliphatic carbocycles. The van der Waals surface area contributed by atoms with Crippen LogP contribution in [-0.2, 0) is 0 Å². The number of nitrogens with zero attached hydrogens (tertiary/aromatic N) is 1. The molecule has 2 heteroatoms. The van der Waals surface area contributed by atoms with E-state index in [1.54, 1.807) is 0 Å². The van der Waals surface area contributed by atoms with Gasteiger partial charge in [0.1, 0.15) is 11.5 Å². The molecule has 0 aromatic heterocycles. The lowest BCUT2D eigenvalue weighted by Crippen LogP contribution is -2.12. The highest BCUT2D eigenvalue weighted by Crippen LogP contribution is 2.49. The van der Waals surface area contributed by atoms with Gasteiger partial charge in [0.15, 0.2) is 0 Å². The molecule has 9 aromatic rings. The van der Waals surface area contributed by atoms with Gasteiger partial charge in [-0.05, 0) is 92.5 Å². The molecule has 10 rings (SSSR count). The van der Waals surface area contributed by atoms with Gasteiger partial charge < -0.3 is 9.64 Å². The average molecular weight is 664 g/mol. The van der Waals surface area contributed by atoms with Crippen LogP contribution in [0.15, 0.2) is 200 Å². The third-order valence-electron chi connectivity index (χ3n) is 10.2. The van der Waals surface area contributed by atoms with Gasteiger partial charge in [-0.3, -0.25) is 0 Å². The lowest BCUT2D eigenvalue weighted by Gasteiger charge is -2.30. The normalized spacial score (nSPS) is 11.6. The first-order valence-electron chi connectivity index (χ1n) is 17.8. The Morgan fingerprint density at radius 2 is 0.923 bits per heavy atom. The topological polar surface area (TPSA) is 12.5 Å².